The van der Waals surface area contributed by atoms with E-state index in [1.165, 1.54) is 12.1 Å². The van der Waals surface area contributed by atoms with Crippen LogP contribution in [-0.4, -0.2) is 27.2 Å². The molecule has 2 aromatic carbocycles. The fourth-order valence-electron chi connectivity index (χ4n) is 2.66. The number of carbonyl (C=O) groups excluding carboxylic acids is 1. The van der Waals surface area contributed by atoms with Gasteiger partial charge >= 0.3 is 0 Å². The second-order valence-corrected chi connectivity index (χ2v) is 8.01. The molecule has 0 bridgehead atoms. The maximum absolute atomic E-state index is 12.5. The van der Waals surface area contributed by atoms with Gasteiger partial charge < -0.3 is 14.8 Å². The molecule has 144 valence electrons. The van der Waals surface area contributed by atoms with Gasteiger partial charge in [-0.15, -0.1) is 0 Å². The first-order chi connectivity index (χ1) is 12.9. The van der Waals surface area contributed by atoms with Crippen LogP contribution in [0.5, 0.6) is 11.5 Å². The number of amides is 1. The number of sulfonamides is 1. The quantitative estimate of drug-likeness (QED) is 0.755. The highest BCUT2D eigenvalue weighted by Crippen LogP contribution is 2.32. The number of ether oxygens (including phenoxy) is 2. The fraction of sp³-hybridized carbons (Fsp3) is 0.316. The SMILES string of the molecule is CC[C@H](NS(=O)(=O)c1ccc(C)cc1)C(=O)NCc1ccc2c(c1)OCO2. The number of nitrogens with one attached hydrogen (secondary N) is 2. The molecule has 0 fully saturated rings. The summed E-state index contributed by atoms with van der Waals surface area (Å²) in [4.78, 5) is 12.6. The number of aryl methyl sites for hydroxylation is 1. The molecule has 2 N–H and O–H groups in total. The molecule has 7 nitrogen and oxygen atoms in total. The lowest BCUT2D eigenvalue weighted by molar-refractivity contribution is -0.122. The van der Waals surface area contributed by atoms with Crippen LogP contribution in [0.4, 0.5) is 0 Å². The Morgan fingerprint density at radius 2 is 1.81 bits per heavy atom. The third-order valence-electron chi connectivity index (χ3n) is 4.26. The molecule has 1 heterocycles. The summed E-state index contributed by atoms with van der Waals surface area (Å²) in [5.74, 6) is 0.919. The molecule has 0 saturated carbocycles. The first kappa shape index (κ1) is 19.2. The van der Waals surface area contributed by atoms with Crippen LogP contribution in [0.1, 0.15) is 24.5 Å². The number of carbonyl (C=O) groups is 1. The van der Waals surface area contributed by atoms with Gasteiger partial charge in [-0.25, -0.2) is 8.42 Å². The van der Waals surface area contributed by atoms with Crippen molar-refractivity contribution in [3.8, 4) is 11.5 Å². The predicted octanol–water partition coefficient (Wildman–Crippen LogP) is 2.10. The maximum Gasteiger partial charge on any atom is 0.241 e. The predicted molar refractivity (Wildman–Crippen MR) is 100.0 cm³/mol. The molecular formula is C19H22N2O5S. The van der Waals surface area contributed by atoms with Crippen molar-refractivity contribution in [1.29, 1.82) is 0 Å². The summed E-state index contributed by atoms with van der Waals surface area (Å²) in [6.07, 6.45) is 0.331. The van der Waals surface area contributed by atoms with Crippen LogP contribution in [0.25, 0.3) is 0 Å². The minimum absolute atomic E-state index is 0.134. The zero-order chi connectivity index (χ0) is 19.4. The molecule has 0 spiro atoms. The number of hydrogen-bond acceptors (Lipinski definition) is 5. The van der Waals surface area contributed by atoms with E-state index in [9.17, 15) is 13.2 Å². The van der Waals surface area contributed by atoms with Crippen LogP contribution >= 0.6 is 0 Å². The Morgan fingerprint density at radius 3 is 2.52 bits per heavy atom. The molecular weight excluding hydrogens is 368 g/mol. The van der Waals surface area contributed by atoms with Crippen LogP contribution in [0, 0.1) is 6.92 Å². The lowest BCUT2D eigenvalue weighted by Gasteiger charge is -2.17. The number of rotatable bonds is 7. The number of hydrogen-bond donors (Lipinski definition) is 2. The van der Waals surface area contributed by atoms with E-state index in [1.54, 1.807) is 31.2 Å². The van der Waals surface area contributed by atoms with Gasteiger partial charge in [0, 0.05) is 6.54 Å². The number of fused-ring (bicyclic) bond motifs is 1. The Labute approximate surface area is 158 Å². The van der Waals surface area contributed by atoms with Gasteiger partial charge in [0.05, 0.1) is 4.90 Å². The standard InChI is InChI=1S/C19H22N2O5S/c1-3-16(21-27(23,24)15-7-4-13(2)5-8-15)19(22)20-11-14-6-9-17-18(10-14)26-12-25-17/h4-10,16,21H,3,11-12H2,1-2H3,(H,20,22)/t16-/m0/s1. The normalized spacial score (nSPS) is 14.0. The lowest BCUT2D eigenvalue weighted by atomic mass is 10.2. The third-order valence-corrected chi connectivity index (χ3v) is 5.74. The molecule has 2 aromatic rings. The molecule has 0 radical (unpaired) electrons. The highest BCUT2D eigenvalue weighted by Gasteiger charge is 2.24. The fourth-order valence-corrected chi connectivity index (χ4v) is 3.94. The second-order valence-electron chi connectivity index (χ2n) is 6.30. The van der Waals surface area contributed by atoms with Gasteiger partial charge in [0.1, 0.15) is 6.04 Å². The summed E-state index contributed by atoms with van der Waals surface area (Å²) < 4.78 is 38.0. The first-order valence-electron chi connectivity index (χ1n) is 8.64. The van der Waals surface area contributed by atoms with Crippen molar-refractivity contribution >= 4 is 15.9 Å². The smallest absolute Gasteiger partial charge is 0.241 e. The van der Waals surface area contributed by atoms with Gasteiger partial charge in [-0.05, 0) is 43.2 Å². The molecule has 0 saturated heterocycles. The molecule has 1 aliphatic heterocycles. The Balaban J connectivity index is 1.62. The Bertz CT molecular complexity index is 926. The average Bonchev–Trinajstić information content (AvgIpc) is 3.12. The molecule has 27 heavy (non-hydrogen) atoms. The largest absolute Gasteiger partial charge is 0.454 e. The molecule has 0 unspecified atom stereocenters. The Kier molecular flexibility index (Phi) is 5.67. The lowest BCUT2D eigenvalue weighted by Crippen LogP contribution is -2.46. The van der Waals surface area contributed by atoms with Gasteiger partial charge in [-0.1, -0.05) is 30.7 Å². The molecule has 0 aliphatic carbocycles. The van der Waals surface area contributed by atoms with E-state index in [0.29, 0.717) is 17.9 Å². The summed E-state index contributed by atoms with van der Waals surface area (Å²) in [6, 6.07) is 11.0. The van der Waals surface area contributed by atoms with E-state index in [-0.39, 0.29) is 24.1 Å². The van der Waals surface area contributed by atoms with Crippen molar-refractivity contribution in [2.24, 2.45) is 0 Å². The highest BCUT2D eigenvalue weighted by atomic mass is 32.2. The van der Waals surface area contributed by atoms with Crippen LogP contribution in [0.15, 0.2) is 47.4 Å². The van der Waals surface area contributed by atoms with Crippen molar-refractivity contribution in [3.63, 3.8) is 0 Å². The molecule has 3 rings (SSSR count). The zero-order valence-electron chi connectivity index (χ0n) is 15.2. The molecule has 0 aromatic heterocycles. The minimum Gasteiger partial charge on any atom is -0.454 e. The van der Waals surface area contributed by atoms with Crippen LogP contribution in [0.2, 0.25) is 0 Å². The zero-order valence-corrected chi connectivity index (χ0v) is 16.0. The van der Waals surface area contributed by atoms with Crippen molar-refractivity contribution < 1.29 is 22.7 Å². The average molecular weight is 390 g/mol. The highest BCUT2D eigenvalue weighted by molar-refractivity contribution is 7.89. The monoisotopic (exact) mass is 390 g/mol. The molecule has 1 amide bonds. The van der Waals surface area contributed by atoms with Gasteiger partial charge in [0.2, 0.25) is 22.7 Å². The van der Waals surface area contributed by atoms with Gasteiger partial charge in [0.25, 0.3) is 0 Å². The van der Waals surface area contributed by atoms with Crippen molar-refractivity contribution in [1.82, 2.24) is 10.0 Å². The summed E-state index contributed by atoms with van der Waals surface area (Å²) in [6.45, 7) is 4.08. The summed E-state index contributed by atoms with van der Waals surface area (Å²) in [5.41, 5.74) is 1.80. The van der Waals surface area contributed by atoms with Crippen LogP contribution in [0.3, 0.4) is 0 Å². The van der Waals surface area contributed by atoms with E-state index in [4.69, 9.17) is 9.47 Å². The first-order valence-corrected chi connectivity index (χ1v) is 10.1. The van der Waals surface area contributed by atoms with Crippen molar-refractivity contribution in [3.05, 3.63) is 53.6 Å². The number of benzene rings is 2. The Morgan fingerprint density at radius 1 is 1.11 bits per heavy atom. The van der Waals surface area contributed by atoms with Crippen LogP contribution < -0.4 is 19.5 Å². The van der Waals surface area contributed by atoms with E-state index in [1.807, 2.05) is 13.0 Å². The van der Waals surface area contributed by atoms with E-state index < -0.39 is 16.1 Å². The van der Waals surface area contributed by atoms with E-state index in [0.717, 1.165) is 11.1 Å². The summed E-state index contributed by atoms with van der Waals surface area (Å²) >= 11 is 0. The summed E-state index contributed by atoms with van der Waals surface area (Å²) in [7, 11) is -3.77. The molecule has 1 atom stereocenters. The minimum atomic E-state index is -3.77. The molecule has 8 heteroatoms. The van der Waals surface area contributed by atoms with Gasteiger partial charge in [0.15, 0.2) is 11.5 Å². The topological polar surface area (TPSA) is 93.7 Å². The van der Waals surface area contributed by atoms with Gasteiger partial charge in [-0.3, -0.25) is 4.79 Å². The summed E-state index contributed by atoms with van der Waals surface area (Å²) in [5, 5.41) is 2.76. The van der Waals surface area contributed by atoms with E-state index in [2.05, 4.69) is 10.0 Å². The second kappa shape index (κ2) is 7.98. The third kappa shape index (κ3) is 4.58. The van der Waals surface area contributed by atoms with E-state index >= 15 is 0 Å². The van der Waals surface area contributed by atoms with Crippen molar-refractivity contribution in [2.75, 3.05) is 6.79 Å². The van der Waals surface area contributed by atoms with Gasteiger partial charge in [-0.2, -0.15) is 4.72 Å². The Hall–Kier alpha value is -2.58. The molecule has 1 aliphatic rings. The van der Waals surface area contributed by atoms with Crippen molar-refractivity contribution in [2.45, 2.75) is 37.8 Å². The van der Waals surface area contributed by atoms with Crippen LogP contribution in [-0.2, 0) is 21.4 Å². The maximum atomic E-state index is 12.5.